The average Bonchev–Trinajstić information content (AvgIpc) is 2.94. The van der Waals surface area contributed by atoms with Gasteiger partial charge < -0.3 is 14.4 Å². The van der Waals surface area contributed by atoms with Crippen molar-refractivity contribution in [3.63, 3.8) is 0 Å². The van der Waals surface area contributed by atoms with Crippen LogP contribution in [0.4, 0.5) is 4.79 Å². The molecule has 3 rings (SSSR count). The lowest BCUT2D eigenvalue weighted by Crippen LogP contribution is -2.51. The van der Waals surface area contributed by atoms with Gasteiger partial charge in [-0.1, -0.05) is 30.3 Å². The van der Waals surface area contributed by atoms with Crippen molar-refractivity contribution < 1.29 is 14.3 Å². The normalized spacial score (nSPS) is 26.0. The molecule has 1 amide bonds. The summed E-state index contributed by atoms with van der Waals surface area (Å²) in [5, 5.41) is 0. The lowest BCUT2D eigenvalue weighted by molar-refractivity contribution is -0.0521. The van der Waals surface area contributed by atoms with Crippen molar-refractivity contribution in [1.29, 1.82) is 0 Å². The summed E-state index contributed by atoms with van der Waals surface area (Å²) in [6.07, 6.45) is 3.25. The highest BCUT2D eigenvalue weighted by molar-refractivity contribution is 5.68. The Balaban J connectivity index is 1.57. The average molecular weight is 261 g/mol. The number of carbonyl (C=O) groups is 1. The van der Waals surface area contributed by atoms with Crippen molar-refractivity contribution in [2.45, 2.75) is 38.0 Å². The van der Waals surface area contributed by atoms with E-state index in [1.54, 1.807) is 0 Å². The summed E-state index contributed by atoms with van der Waals surface area (Å²) in [4.78, 5) is 14.0. The predicted octanol–water partition coefficient (Wildman–Crippen LogP) is 2.58. The first kappa shape index (κ1) is 12.5. The molecule has 1 aromatic rings. The minimum Gasteiger partial charge on any atom is -0.445 e. The number of benzene rings is 1. The molecule has 2 atom stereocenters. The number of fused-ring (bicyclic) bond motifs is 1. The summed E-state index contributed by atoms with van der Waals surface area (Å²) in [6, 6.07) is 10.00. The van der Waals surface area contributed by atoms with E-state index >= 15 is 0 Å². The molecule has 1 heterocycles. The third-order valence-corrected chi connectivity index (χ3v) is 3.92. The minimum atomic E-state index is -0.205. The Hall–Kier alpha value is -1.55. The molecule has 0 N–H and O–H groups in total. The van der Waals surface area contributed by atoms with Gasteiger partial charge in [0.2, 0.25) is 0 Å². The standard InChI is InChI=1S/C15H19NO3/c17-15(19-11-12-5-2-1-3-6-12)16-9-10-18-14-8-4-7-13(14)16/h1-3,5-6,13-14H,4,7-11H2/t13-,14-/m1/s1. The zero-order chi connectivity index (χ0) is 13.1. The van der Waals surface area contributed by atoms with Gasteiger partial charge in [-0.15, -0.1) is 0 Å². The van der Waals surface area contributed by atoms with Crippen LogP contribution in [0.3, 0.4) is 0 Å². The van der Waals surface area contributed by atoms with Crippen molar-refractivity contribution in [2.24, 2.45) is 0 Å². The molecular formula is C15H19NO3. The van der Waals surface area contributed by atoms with Crippen LogP contribution < -0.4 is 0 Å². The molecule has 0 bridgehead atoms. The summed E-state index contributed by atoms with van der Waals surface area (Å²) < 4.78 is 11.1. The second kappa shape index (κ2) is 5.61. The highest BCUT2D eigenvalue weighted by Crippen LogP contribution is 2.30. The molecule has 1 aliphatic heterocycles. The molecule has 0 unspecified atom stereocenters. The number of amides is 1. The van der Waals surface area contributed by atoms with Crippen LogP contribution in [0, 0.1) is 0 Å². The molecule has 1 aliphatic carbocycles. The Morgan fingerprint density at radius 3 is 3.00 bits per heavy atom. The monoisotopic (exact) mass is 261 g/mol. The van der Waals surface area contributed by atoms with E-state index in [1.165, 1.54) is 0 Å². The molecule has 0 spiro atoms. The lowest BCUT2D eigenvalue weighted by Gasteiger charge is -2.36. The molecule has 2 fully saturated rings. The summed E-state index contributed by atoms with van der Waals surface area (Å²) in [5.74, 6) is 0. The topological polar surface area (TPSA) is 38.8 Å². The van der Waals surface area contributed by atoms with E-state index in [1.807, 2.05) is 35.2 Å². The van der Waals surface area contributed by atoms with Crippen molar-refractivity contribution in [3.8, 4) is 0 Å². The fraction of sp³-hybridized carbons (Fsp3) is 0.533. The Bertz CT molecular complexity index is 434. The van der Waals surface area contributed by atoms with Gasteiger partial charge in [0, 0.05) is 6.54 Å². The van der Waals surface area contributed by atoms with Crippen LogP contribution in [0.25, 0.3) is 0 Å². The Labute approximate surface area is 113 Å². The molecule has 4 nitrogen and oxygen atoms in total. The maximum Gasteiger partial charge on any atom is 0.410 e. The summed E-state index contributed by atoms with van der Waals surface area (Å²) in [6.45, 7) is 1.62. The van der Waals surface area contributed by atoms with Gasteiger partial charge in [-0.05, 0) is 24.8 Å². The smallest absolute Gasteiger partial charge is 0.410 e. The third-order valence-electron chi connectivity index (χ3n) is 3.92. The molecule has 2 aliphatic rings. The van der Waals surface area contributed by atoms with E-state index in [4.69, 9.17) is 9.47 Å². The van der Waals surface area contributed by atoms with Gasteiger partial charge in [-0.3, -0.25) is 0 Å². The summed E-state index contributed by atoms with van der Waals surface area (Å²) >= 11 is 0. The molecule has 1 saturated heterocycles. The molecule has 1 saturated carbocycles. The van der Waals surface area contributed by atoms with Crippen LogP contribution in [0.15, 0.2) is 30.3 Å². The van der Waals surface area contributed by atoms with E-state index in [0.717, 1.165) is 24.8 Å². The van der Waals surface area contributed by atoms with E-state index in [9.17, 15) is 4.79 Å². The number of hydrogen-bond acceptors (Lipinski definition) is 3. The van der Waals surface area contributed by atoms with Crippen LogP contribution >= 0.6 is 0 Å². The van der Waals surface area contributed by atoms with Crippen molar-refractivity contribution in [3.05, 3.63) is 35.9 Å². The molecular weight excluding hydrogens is 242 g/mol. The summed E-state index contributed by atoms with van der Waals surface area (Å²) in [7, 11) is 0. The van der Waals surface area contributed by atoms with E-state index in [2.05, 4.69) is 0 Å². The van der Waals surface area contributed by atoms with E-state index < -0.39 is 0 Å². The fourth-order valence-electron chi connectivity index (χ4n) is 2.95. The largest absolute Gasteiger partial charge is 0.445 e. The number of carbonyl (C=O) groups excluding carboxylic acids is 1. The van der Waals surface area contributed by atoms with Gasteiger partial charge in [0.25, 0.3) is 0 Å². The molecule has 0 radical (unpaired) electrons. The Kier molecular flexibility index (Phi) is 3.69. The zero-order valence-electron chi connectivity index (χ0n) is 11.0. The molecule has 0 aromatic heterocycles. The molecule has 19 heavy (non-hydrogen) atoms. The van der Waals surface area contributed by atoms with Gasteiger partial charge in [0.1, 0.15) is 6.61 Å². The zero-order valence-corrected chi connectivity index (χ0v) is 11.0. The SMILES string of the molecule is O=C(OCc1ccccc1)N1CCO[C@@H]2CCC[C@H]21. The quantitative estimate of drug-likeness (QED) is 0.821. The fourth-order valence-corrected chi connectivity index (χ4v) is 2.95. The van der Waals surface area contributed by atoms with Gasteiger partial charge in [-0.25, -0.2) is 4.79 Å². The number of hydrogen-bond donors (Lipinski definition) is 0. The number of rotatable bonds is 2. The first-order chi connectivity index (χ1) is 9.34. The molecule has 102 valence electrons. The Morgan fingerprint density at radius 2 is 2.16 bits per heavy atom. The van der Waals surface area contributed by atoms with Crippen molar-refractivity contribution >= 4 is 6.09 Å². The van der Waals surface area contributed by atoms with Crippen LogP contribution in [-0.4, -0.2) is 36.3 Å². The number of morpholine rings is 1. The summed E-state index contributed by atoms with van der Waals surface area (Å²) in [5.41, 5.74) is 1.02. The van der Waals surface area contributed by atoms with Gasteiger partial charge in [0.05, 0.1) is 18.8 Å². The lowest BCUT2D eigenvalue weighted by atomic mass is 10.1. The third kappa shape index (κ3) is 2.73. The first-order valence-corrected chi connectivity index (χ1v) is 6.93. The predicted molar refractivity (Wildman–Crippen MR) is 70.7 cm³/mol. The number of nitrogens with zero attached hydrogens (tertiary/aromatic N) is 1. The molecule has 4 heteroatoms. The highest BCUT2D eigenvalue weighted by Gasteiger charge is 2.39. The number of ether oxygens (including phenoxy) is 2. The van der Waals surface area contributed by atoms with Crippen LogP contribution in [0.1, 0.15) is 24.8 Å². The van der Waals surface area contributed by atoms with Gasteiger partial charge in [-0.2, -0.15) is 0 Å². The van der Waals surface area contributed by atoms with Crippen LogP contribution in [0.5, 0.6) is 0 Å². The van der Waals surface area contributed by atoms with Crippen LogP contribution in [-0.2, 0) is 16.1 Å². The van der Waals surface area contributed by atoms with Crippen molar-refractivity contribution in [1.82, 2.24) is 4.90 Å². The van der Waals surface area contributed by atoms with E-state index in [-0.39, 0.29) is 18.2 Å². The highest BCUT2D eigenvalue weighted by atomic mass is 16.6. The first-order valence-electron chi connectivity index (χ1n) is 6.93. The van der Waals surface area contributed by atoms with E-state index in [0.29, 0.717) is 19.8 Å². The second-order valence-electron chi connectivity index (χ2n) is 5.14. The van der Waals surface area contributed by atoms with Crippen LogP contribution in [0.2, 0.25) is 0 Å². The molecule has 1 aromatic carbocycles. The second-order valence-corrected chi connectivity index (χ2v) is 5.14. The minimum absolute atomic E-state index is 0.205. The van der Waals surface area contributed by atoms with Crippen molar-refractivity contribution in [2.75, 3.05) is 13.2 Å². The Morgan fingerprint density at radius 1 is 1.32 bits per heavy atom. The van der Waals surface area contributed by atoms with Gasteiger partial charge >= 0.3 is 6.09 Å². The maximum absolute atomic E-state index is 12.2. The van der Waals surface area contributed by atoms with Gasteiger partial charge in [0.15, 0.2) is 0 Å². The maximum atomic E-state index is 12.2.